The Bertz CT molecular complexity index is 484. The lowest BCUT2D eigenvalue weighted by molar-refractivity contribution is -0.132. The first kappa shape index (κ1) is 14.4. The largest absolute Gasteiger partial charge is 0.465 e. The van der Waals surface area contributed by atoms with Crippen LogP contribution in [0, 0.1) is 0 Å². The molecule has 0 radical (unpaired) electrons. The number of unbranched alkanes of at least 4 members (excludes halogenated alkanes) is 1. The maximum absolute atomic E-state index is 11.3. The Morgan fingerprint density at radius 3 is 2.45 bits per heavy atom. The van der Waals surface area contributed by atoms with Crippen molar-refractivity contribution in [2.75, 3.05) is 6.54 Å². The summed E-state index contributed by atoms with van der Waals surface area (Å²) in [6, 6.07) is 7.40. The minimum atomic E-state index is -1.06. The zero-order chi connectivity index (χ0) is 14.5. The molecular formula is C15H20N2O3. The molecule has 0 spiro atoms. The summed E-state index contributed by atoms with van der Waals surface area (Å²) in [5.41, 5.74) is 2.17. The first-order valence-corrected chi connectivity index (χ1v) is 6.97. The van der Waals surface area contributed by atoms with E-state index in [1.807, 2.05) is 24.3 Å². The molecule has 0 bridgehead atoms. The minimum absolute atomic E-state index is 0.216. The van der Waals surface area contributed by atoms with E-state index in [-0.39, 0.29) is 12.5 Å². The number of benzene rings is 1. The number of amides is 2. The van der Waals surface area contributed by atoms with Crippen molar-refractivity contribution in [3.8, 4) is 0 Å². The molecule has 1 atom stereocenters. The first-order chi connectivity index (χ1) is 9.61. The Hall–Kier alpha value is -2.04. The van der Waals surface area contributed by atoms with Gasteiger partial charge in [-0.15, -0.1) is 0 Å². The van der Waals surface area contributed by atoms with Crippen LogP contribution in [0.15, 0.2) is 24.3 Å². The van der Waals surface area contributed by atoms with Crippen LogP contribution in [-0.4, -0.2) is 34.6 Å². The van der Waals surface area contributed by atoms with Crippen molar-refractivity contribution < 1.29 is 14.7 Å². The molecule has 1 aromatic carbocycles. The predicted molar refractivity (Wildman–Crippen MR) is 75.4 cm³/mol. The summed E-state index contributed by atoms with van der Waals surface area (Å²) in [4.78, 5) is 23.8. The van der Waals surface area contributed by atoms with Crippen LogP contribution < -0.4 is 5.32 Å². The number of carbonyl (C=O) groups excluding carboxylic acids is 1. The van der Waals surface area contributed by atoms with Crippen LogP contribution >= 0.6 is 0 Å². The van der Waals surface area contributed by atoms with E-state index in [1.54, 1.807) is 0 Å². The van der Waals surface area contributed by atoms with E-state index >= 15 is 0 Å². The molecule has 1 aromatic rings. The molecule has 5 nitrogen and oxygen atoms in total. The fourth-order valence-electron chi connectivity index (χ4n) is 2.23. The van der Waals surface area contributed by atoms with Gasteiger partial charge < -0.3 is 10.4 Å². The van der Waals surface area contributed by atoms with Crippen molar-refractivity contribution in [3.05, 3.63) is 35.4 Å². The Morgan fingerprint density at radius 2 is 2.00 bits per heavy atom. The molecule has 2 amide bonds. The Balaban J connectivity index is 1.99. The Kier molecular flexibility index (Phi) is 4.61. The summed E-state index contributed by atoms with van der Waals surface area (Å²) in [5, 5.41) is 11.8. The van der Waals surface area contributed by atoms with Crippen LogP contribution in [0.3, 0.4) is 0 Å². The molecule has 1 saturated heterocycles. The highest BCUT2D eigenvalue weighted by atomic mass is 16.4. The van der Waals surface area contributed by atoms with Crippen molar-refractivity contribution >= 4 is 12.0 Å². The van der Waals surface area contributed by atoms with E-state index in [4.69, 9.17) is 0 Å². The predicted octanol–water partition coefficient (Wildman–Crippen LogP) is 2.01. The van der Waals surface area contributed by atoms with E-state index in [0.29, 0.717) is 6.54 Å². The molecule has 2 N–H and O–H groups in total. The lowest BCUT2D eigenvalue weighted by Gasteiger charge is -2.34. The van der Waals surface area contributed by atoms with Gasteiger partial charge in [0, 0.05) is 13.1 Å². The number of aryl methyl sites for hydroxylation is 1. The van der Waals surface area contributed by atoms with Crippen LogP contribution in [0.5, 0.6) is 0 Å². The Labute approximate surface area is 118 Å². The summed E-state index contributed by atoms with van der Waals surface area (Å²) in [5.74, 6) is -0.216. The van der Waals surface area contributed by atoms with Crippen LogP contribution in [0.4, 0.5) is 4.79 Å². The third-order valence-electron chi connectivity index (χ3n) is 3.59. The van der Waals surface area contributed by atoms with Crippen LogP contribution in [0.25, 0.3) is 0 Å². The lowest BCUT2D eigenvalue weighted by Crippen LogP contribution is -2.62. The molecule has 1 aliphatic rings. The number of hydrogen-bond donors (Lipinski definition) is 2. The van der Waals surface area contributed by atoms with Gasteiger partial charge in [0.1, 0.15) is 6.04 Å². The molecule has 0 aromatic heterocycles. The van der Waals surface area contributed by atoms with Gasteiger partial charge >= 0.3 is 6.09 Å². The average molecular weight is 276 g/mol. The van der Waals surface area contributed by atoms with E-state index in [2.05, 4.69) is 12.2 Å². The molecule has 1 aliphatic heterocycles. The SMILES string of the molecule is CCCCc1ccc(CN(C(=O)O)[C@H]2CNC2=O)cc1. The molecule has 1 heterocycles. The van der Waals surface area contributed by atoms with Crippen molar-refractivity contribution in [1.82, 2.24) is 10.2 Å². The molecule has 2 rings (SSSR count). The second-order valence-electron chi connectivity index (χ2n) is 5.09. The topological polar surface area (TPSA) is 69.6 Å². The monoisotopic (exact) mass is 276 g/mol. The maximum atomic E-state index is 11.3. The van der Waals surface area contributed by atoms with Crippen LogP contribution in [0.2, 0.25) is 0 Å². The smallest absolute Gasteiger partial charge is 0.408 e. The standard InChI is InChI=1S/C15H20N2O3/c1-2-3-4-11-5-7-12(8-6-11)10-17(15(19)20)13-9-16-14(13)18/h5-8,13H,2-4,9-10H2,1H3,(H,16,18)(H,19,20)/t13-/m0/s1. The number of rotatable bonds is 6. The highest BCUT2D eigenvalue weighted by Gasteiger charge is 2.36. The lowest BCUT2D eigenvalue weighted by atomic mass is 10.0. The van der Waals surface area contributed by atoms with E-state index in [9.17, 15) is 14.7 Å². The summed E-state index contributed by atoms with van der Waals surface area (Å²) < 4.78 is 0. The molecule has 5 heteroatoms. The number of carbonyl (C=O) groups is 2. The highest BCUT2D eigenvalue weighted by Crippen LogP contribution is 2.14. The number of carboxylic acid groups (broad SMARTS) is 1. The van der Waals surface area contributed by atoms with Crippen molar-refractivity contribution in [1.29, 1.82) is 0 Å². The summed E-state index contributed by atoms with van der Waals surface area (Å²) in [6.07, 6.45) is 2.30. The zero-order valence-corrected chi connectivity index (χ0v) is 11.6. The normalized spacial score (nSPS) is 17.2. The van der Waals surface area contributed by atoms with E-state index in [1.165, 1.54) is 10.5 Å². The third-order valence-corrected chi connectivity index (χ3v) is 3.59. The third kappa shape index (κ3) is 3.29. The van der Waals surface area contributed by atoms with Crippen molar-refractivity contribution in [2.24, 2.45) is 0 Å². The number of nitrogens with zero attached hydrogens (tertiary/aromatic N) is 1. The van der Waals surface area contributed by atoms with E-state index in [0.717, 1.165) is 24.8 Å². The van der Waals surface area contributed by atoms with Crippen molar-refractivity contribution in [2.45, 2.75) is 38.8 Å². The average Bonchev–Trinajstić information content (AvgIpc) is 2.44. The van der Waals surface area contributed by atoms with Crippen LogP contribution in [-0.2, 0) is 17.8 Å². The van der Waals surface area contributed by atoms with Gasteiger partial charge in [-0.1, -0.05) is 37.6 Å². The zero-order valence-electron chi connectivity index (χ0n) is 11.6. The molecule has 0 aliphatic carbocycles. The number of β-lactam (4-membered cyclic amide) rings is 1. The summed E-state index contributed by atoms with van der Waals surface area (Å²) in [7, 11) is 0. The molecule has 1 fully saturated rings. The summed E-state index contributed by atoms with van der Waals surface area (Å²) in [6.45, 7) is 2.81. The molecule has 0 saturated carbocycles. The Morgan fingerprint density at radius 1 is 1.35 bits per heavy atom. The number of nitrogens with one attached hydrogen (secondary N) is 1. The van der Waals surface area contributed by atoms with Crippen LogP contribution in [0.1, 0.15) is 30.9 Å². The van der Waals surface area contributed by atoms with E-state index < -0.39 is 12.1 Å². The van der Waals surface area contributed by atoms with Gasteiger partial charge in [-0.25, -0.2) is 4.79 Å². The van der Waals surface area contributed by atoms with Crippen molar-refractivity contribution in [3.63, 3.8) is 0 Å². The molecule has 20 heavy (non-hydrogen) atoms. The molecule has 0 unspecified atom stereocenters. The van der Waals surface area contributed by atoms with Gasteiger partial charge in [-0.3, -0.25) is 9.69 Å². The van der Waals surface area contributed by atoms with Gasteiger partial charge in [0.05, 0.1) is 0 Å². The first-order valence-electron chi connectivity index (χ1n) is 6.97. The maximum Gasteiger partial charge on any atom is 0.408 e. The molecular weight excluding hydrogens is 256 g/mol. The molecule has 108 valence electrons. The van der Waals surface area contributed by atoms with Gasteiger partial charge in [0.2, 0.25) is 5.91 Å². The van der Waals surface area contributed by atoms with Gasteiger partial charge in [0.25, 0.3) is 0 Å². The fraction of sp³-hybridized carbons (Fsp3) is 0.467. The van der Waals surface area contributed by atoms with Gasteiger partial charge in [-0.2, -0.15) is 0 Å². The summed E-state index contributed by atoms with van der Waals surface area (Å²) >= 11 is 0. The minimum Gasteiger partial charge on any atom is -0.465 e. The fourth-order valence-corrected chi connectivity index (χ4v) is 2.23. The second-order valence-corrected chi connectivity index (χ2v) is 5.09. The van der Waals surface area contributed by atoms with Gasteiger partial charge in [0.15, 0.2) is 0 Å². The van der Waals surface area contributed by atoms with Gasteiger partial charge in [-0.05, 0) is 24.0 Å². The highest BCUT2D eigenvalue weighted by molar-refractivity contribution is 5.90. The quantitative estimate of drug-likeness (QED) is 0.781. The second kappa shape index (κ2) is 6.41. The number of hydrogen-bond acceptors (Lipinski definition) is 2.